The molecule has 1 aromatic carbocycles. The van der Waals surface area contributed by atoms with E-state index in [1.807, 2.05) is 49.7 Å². The van der Waals surface area contributed by atoms with Crippen molar-refractivity contribution in [3.05, 3.63) is 52.3 Å². The van der Waals surface area contributed by atoms with Crippen LogP contribution in [0.1, 0.15) is 40.9 Å². The Bertz CT molecular complexity index is 930. The molecule has 1 amide bonds. The summed E-state index contributed by atoms with van der Waals surface area (Å²) in [7, 11) is 3.99. The first-order valence-corrected chi connectivity index (χ1v) is 10.2. The third kappa shape index (κ3) is 6.43. The Morgan fingerprint density at radius 2 is 1.83 bits per heavy atom. The summed E-state index contributed by atoms with van der Waals surface area (Å²) in [5.41, 5.74) is 4.67. The largest absolute Gasteiger partial charge is 0.337 e. The van der Waals surface area contributed by atoms with Crippen molar-refractivity contribution in [2.75, 3.05) is 27.2 Å². The second-order valence-electron chi connectivity index (χ2n) is 7.71. The molecule has 1 aromatic heterocycles. The molecule has 0 aliphatic heterocycles. The number of carbonyl (C=O) groups is 1. The lowest BCUT2D eigenvalue weighted by molar-refractivity contribution is -0.131. The van der Waals surface area contributed by atoms with Crippen LogP contribution >= 0.6 is 0 Å². The van der Waals surface area contributed by atoms with E-state index in [2.05, 4.69) is 22.1 Å². The van der Waals surface area contributed by atoms with Crippen molar-refractivity contribution >= 4 is 5.91 Å². The molecule has 2 rings (SSSR count). The summed E-state index contributed by atoms with van der Waals surface area (Å²) >= 11 is 0. The second kappa shape index (κ2) is 11.1. The number of nitriles is 2. The minimum Gasteiger partial charge on any atom is -0.337 e. The van der Waals surface area contributed by atoms with Crippen LogP contribution in [-0.4, -0.2) is 52.7 Å². The van der Waals surface area contributed by atoms with Gasteiger partial charge in [-0.1, -0.05) is 12.1 Å². The number of benzene rings is 1. The summed E-state index contributed by atoms with van der Waals surface area (Å²) < 4.78 is 1.86. The third-order valence-corrected chi connectivity index (χ3v) is 5.18. The van der Waals surface area contributed by atoms with Gasteiger partial charge in [-0.05, 0) is 57.6 Å². The van der Waals surface area contributed by atoms with Gasteiger partial charge in [-0.2, -0.15) is 15.6 Å². The number of aromatic nitrogens is 2. The highest BCUT2D eigenvalue weighted by molar-refractivity contribution is 5.76. The molecular formula is C23H30N6O. The minimum atomic E-state index is 0.102. The number of likely N-dealkylation sites (N-methyl/N-ethyl adjacent to an activating group) is 1. The lowest BCUT2D eigenvalue weighted by Gasteiger charge is -2.25. The molecule has 0 atom stereocenters. The van der Waals surface area contributed by atoms with Crippen molar-refractivity contribution in [1.82, 2.24) is 19.6 Å². The highest BCUT2D eigenvalue weighted by Gasteiger charge is 2.17. The number of carbonyl (C=O) groups excluding carboxylic acids is 1. The zero-order valence-corrected chi connectivity index (χ0v) is 18.4. The summed E-state index contributed by atoms with van der Waals surface area (Å²) in [4.78, 5) is 17.0. The van der Waals surface area contributed by atoms with Gasteiger partial charge in [-0.3, -0.25) is 9.48 Å². The summed E-state index contributed by atoms with van der Waals surface area (Å²) in [5.74, 6) is 0.102. The number of rotatable bonds is 10. The maximum atomic E-state index is 13.0. The smallest absolute Gasteiger partial charge is 0.223 e. The van der Waals surface area contributed by atoms with Crippen LogP contribution in [0.3, 0.4) is 0 Å². The van der Waals surface area contributed by atoms with Gasteiger partial charge in [0.2, 0.25) is 5.91 Å². The standard InChI is InChI=1S/C23H30N6O/c1-18-22(19(2)29(26-18)13-5-12-24)10-11-23(30)28(15-14-27(3)4)17-21-8-6-20(16-25)7-9-21/h6-9H,5,10-11,13-15,17H2,1-4H3. The average molecular weight is 407 g/mol. The van der Waals surface area contributed by atoms with Crippen molar-refractivity contribution in [2.24, 2.45) is 0 Å². The van der Waals surface area contributed by atoms with Crippen LogP contribution in [0.15, 0.2) is 24.3 Å². The van der Waals surface area contributed by atoms with E-state index in [9.17, 15) is 4.79 Å². The van der Waals surface area contributed by atoms with E-state index >= 15 is 0 Å². The van der Waals surface area contributed by atoms with E-state index in [4.69, 9.17) is 10.5 Å². The molecule has 0 saturated heterocycles. The number of amides is 1. The van der Waals surface area contributed by atoms with Gasteiger partial charge >= 0.3 is 0 Å². The lowest BCUT2D eigenvalue weighted by atomic mass is 10.1. The summed E-state index contributed by atoms with van der Waals surface area (Å²) in [6, 6.07) is 11.6. The predicted octanol–water partition coefficient (Wildman–Crippen LogP) is 2.81. The van der Waals surface area contributed by atoms with Gasteiger partial charge in [0.25, 0.3) is 0 Å². The quantitative estimate of drug-likeness (QED) is 0.605. The Morgan fingerprint density at radius 3 is 2.43 bits per heavy atom. The molecule has 30 heavy (non-hydrogen) atoms. The van der Waals surface area contributed by atoms with Crippen LogP contribution in [0.5, 0.6) is 0 Å². The molecule has 0 aliphatic rings. The van der Waals surface area contributed by atoms with Crippen LogP contribution in [0.25, 0.3) is 0 Å². The molecule has 7 heteroatoms. The van der Waals surface area contributed by atoms with Crippen LogP contribution in [-0.2, 0) is 24.3 Å². The van der Waals surface area contributed by atoms with Crippen molar-refractivity contribution in [3.63, 3.8) is 0 Å². The Balaban J connectivity index is 2.07. The highest BCUT2D eigenvalue weighted by Crippen LogP contribution is 2.17. The van der Waals surface area contributed by atoms with E-state index in [-0.39, 0.29) is 5.91 Å². The van der Waals surface area contributed by atoms with Gasteiger partial charge < -0.3 is 9.80 Å². The minimum absolute atomic E-state index is 0.102. The molecule has 0 bridgehead atoms. The number of nitrogens with zero attached hydrogens (tertiary/aromatic N) is 6. The van der Waals surface area contributed by atoms with Gasteiger partial charge in [0.1, 0.15) is 0 Å². The van der Waals surface area contributed by atoms with Crippen LogP contribution in [0.2, 0.25) is 0 Å². The zero-order valence-electron chi connectivity index (χ0n) is 18.4. The van der Waals surface area contributed by atoms with E-state index < -0.39 is 0 Å². The third-order valence-electron chi connectivity index (χ3n) is 5.18. The fraction of sp³-hybridized carbons (Fsp3) is 0.478. The number of aryl methyl sites for hydroxylation is 2. The molecule has 0 aliphatic carbocycles. The molecule has 1 heterocycles. The molecule has 158 valence electrons. The van der Waals surface area contributed by atoms with Gasteiger partial charge in [0, 0.05) is 31.7 Å². The fourth-order valence-electron chi connectivity index (χ4n) is 3.38. The predicted molar refractivity (Wildman–Crippen MR) is 115 cm³/mol. The first kappa shape index (κ1) is 23.1. The number of hydrogen-bond donors (Lipinski definition) is 0. The van der Waals surface area contributed by atoms with Crippen LogP contribution in [0, 0.1) is 36.5 Å². The van der Waals surface area contributed by atoms with Crippen molar-refractivity contribution in [2.45, 2.75) is 46.2 Å². The second-order valence-corrected chi connectivity index (χ2v) is 7.71. The van der Waals surface area contributed by atoms with E-state index in [0.29, 0.717) is 44.5 Å². The first-order chi connectivity index (χ1) is 14.3. The summed E-state index contributed by atoms with van der Waals surface area (Å²) in [5, 5.41) is 22.3. The molecule has 0 radical (unpaired) electrons. The lowest BCUT2D eigenvalue weighted by Crippen LogP contribution is -2.36. The maximum absolute atomic E-state index is 13.0. The highest BCUT2D eigenvalue weighted by atomic mass is 16.2. The Labute approximate surface area is 179 Å². The molecule has 7 nitrogen and oxygen atoms in total. The van der Waals surface area contributed by atoms with Gasteiger partial charge in [-0.25, -0.2) is 0 Å². The molecule has 0 saturated carbocycles. The van der Waals surface area contributed by atoms with Crippen molar-refractivity contribution in [3.8, 4) is 12.1 Å². The molecule has 0 fully saturated rings. The molecule has 0 N–H and O–H groups in total. The van der Waals surface area contributed by atoms with E-state index in [1.165, 1.54) is 0 Å². The zero-order chi connectivity index (χ0) is 22.1. The Hall–Kier alpha value is -3.16. The molecule has 0 unspecified atom stereocenters. The fourth-order valence-corrected chi connectivity index (χ4v) is 3.38. The molecular weight excluding hydrogens is 376 g/mol. The van der Waals surface area contributed by atoms with Crippen LogP contribution in [0.4, 0.5) is 0 Å². The average Bonchev–Trinajstić information content (AvgIpc) is 3.00. The van der Waals surface area contributed by atoms with Crippen molar-refractivity contribution in [1.29, 1.82) is 10.5 Å². The van der Waals surface area contributed by atoms with Gasteiger partial charge in [0.15, 0.2) is 0 Å². The van der Waals surface area contributed by atoms with Crippen LogP contribution < -0.4 is 0 Å². The SMILES string of the molecule is Cc1nn(CCC#N)c(C)c1CCC(=O)N(CCN(C)C)Cc1ccc(C#N)cc1. The first-order valence-electron chi connectivity index (χ1n) is 10.2. The number of hydrogen-bond acceptors (Lipinski definition) is 5. The van der Waals surface area contributed by atoms with E-state index in [0.717, 1.165) is 29.1 Å². The molecule has 2 aromatic rings. The topological polar surface area (TPSA) is 88.9 Å². The normalized spacial score (nSPS) is 10.6. The Kier molecular flexibility index (Phi) is 8.58. The van der Waals surface area contributed by atoms with Gasteiger partial charge in [-0.15, -0.1) is 0 Å². The van der Waals surface area contributed by atoms with Crippen molar-refractivity contribution < 1.29 is 4.79 Å². The Morgan fingerprint density at radius 1 is 1.13 bits per heavy atom. The molecule has 0 spiro atoms. The maximum Gasteiger partial charge on any atom is 0.223 e. The van der Waals surface area contributed by atoms with E-state index in [1.54, 1.807) is 12.1 Å². The monoisotopic (exact) mass is 406 g/mol. The summed E-state index contributed by atoms with van der Waals surface area (Å²) in [6.07, 6.45) is 1.47. The summed E-state index contributed by atoms with van der Waals surface area (Å²) in [6.45, 7) is 6.48. The van der Waals surface area contributed by atoms with Gasteiger partial charge in [0.05, 0.1) is 36.4 Å².